The molecular formula is C13H16ClN3S. The van der Waals surface area contributed by atoms with Gasteiger partial charge in [0.25, 0.3) is 0 Å². The quantitative estimate of drug-likeness (QED) is 0.810. The second-order valence-corrected chi connectivity index (χ2v) is 5.55. The van der Waals surface area contributed by atoms with Gasteiger partial charge in [0.1, 0.15) is 10.0 Å². The standard InChI is InChI=1S/C13H16ClN3S/c1-2-8-17(9-11-6-4-3-5-7-11)10-12-13(14)18-16-15-12/h3-7H,2,8-10H2,1H3. The summed E-state index contributed by atoms with van der Waals surface area (Å²) in [4.78, 5) is 2.35. The van der Waals surface area contributed by atoms with Crippen LogP contribution in [0.5, 0.6) is 0 Å². The molecule has 5 heteroatoms. The largest absolute Gasteiger partial charge is 0.293 e. The fourth-order valence-corrected chi connectivity index (χ4v) is 2.49. The summed E-state index contributed by atoms with van der Waals surface area (Å²) in [5.41, 5.74) is 2.19. The Morgan fingerprint density at radius 2 is 2.00 bits per heavy atom. The van der Waals surface area contributed by atoms with Crippen LogP contribution in [0.1, 0.15) is 24.6 Å². The van der Waals surface area contributed by atoms with Crippen molar-refractivity contribution in [3.05, 3.63) is 45.9 Å². The molecule has 0 saturated carbocycles. The zero-order chi connectivity index (χ0) is 12.8. The third-order valence-corrected chi connectivity index (χ3v) is 3.66. The van der Waals surface area contributed by atoms with Crippen LogP contribution in [-0.4, -0.2) is 21.0 Å². The van der Waals surface area contributed by atoms with Crippen molar-refractivity contribution in [3.63, 3.8) is 0 Å². The van der Waals surface area contributed by atoms with Crippen LogP contribution in [0.4, 0.5) is 0 Å². The van der Waals surface area contributed by atoms with Gasteiger partial charge >= 0.3 is 0 Å². The molecule has 18 heavy (non-hydrogen) atoms. The lowest BCUT2D eigenvalue weighted by molar-refractivity contribution is 0.254. The highest BCUT2D eigenvalue weighted by Gasteiger charge is 2.11. The van der Waals surface area contributed by atoms with Gasteiger partial charge in [-0.3, -0.25) is 4.90 Å². The molecule has 0 N–H and O–H groups in total. The first-order valence-electron chi connectivity index (χ1n) is 6.02. The summed E-state index contributed by atoms with van der Waals surface area (Å²) in [5.74, 6) is 0. The van der Waals surface area contributed by atoms with Crippen LogP contribution in [-0.2, 0) is 13.1 Å². The Balaban J connectivity index is 2.02. The molecule has 0 bridgehead atoms. The second-order valence-electron chi connectivity index (χ2n) is 4.19. The molecular weight excluding hydrogens is 266 g/mol. The van der Waals surface area contributed by atoms with Gasteiger partial charge in [0.15, 0.2) is 0 Å². The average Bonchev–Trinajstić information content (AvgIpc) is 2.77. The average molecular weight is 282 g/mol. The summed E-state index contributed by atoms with van der Waals surface area (Å²) in [6.45, 7) is 4.89. The molecule has 2 rings (SSSR count). The van der Waals surface area contributed by atoms with Crippen LogP contribution >= 0.6 is 23.1 Å². The zero-order valence-corrected chi connectivity index (χ0v) is 11.9. The third kappa shape index (κ3) is 3.77. The van der Waals surface area contributed by atoms with Gasteiger partial charge in [-0.05, 0) is 18.5 Å². The number of hydrogen-bond donors (Lipinski definition) is 0. The van der Waals surface area contributed by atoms with Gasteiger partial charge in [-0.1, -0.05) is 53.3 Å². The number of nitrogens with zero attached hydrogens (tertiary/aromatic N) is 3. The number of halogens is 1. The van der Waals surface area contributed by atoms with Crippen molar-refractivity contribution < 1.29 is 0 Å². The van der Waals surface area contributed by atoms with E-state index in [-0.39, 0.29) is 0 Å². The summed E-state index contributed by atoms with van der Waals surface area (Å²) >= 11 is 7.30. The Hall–Kier alpha value is -0.970. The Morgan fingerprint density at radius 1 is 1.22 bits per heavy atom. The number of aromatic nitrogens is 2. The molecule has 0 amide bonds. The minimum Gasteiger partial charge on any atom is -0.293 e. The Kier molecular flexibility index (Phi) is 5.11. The summed E-state index contributed by atoms with van der Waals surface area (Å²) in [7, 11) is 0. The smallest absolute Gasteiger partial charge is 0.138 e. The van der Waals surface area contributed by atoms with Crippen LogP contribution in [0.3, 0.4) is 0 Å². The molecule has 1 heterocycles. The normalized spacial score (nSPS) is 11.1. The van der Waals surface area contributed by atoms with Crippen molar-refractivity contribution in [2.45, 2.75) is 26.4 Å². The van der Waals surface area contributed by atoms with E-state index in [1.165, 1.54) is 17.1 Å². The molecule has 0 radical (unpaired) electrons. The first-order valence-corrected chi connectivity index (χ1v) is 7.17. The van der Waals surface area contributed by atoms with E-state index in [0.29, 0.717) is 4.34 Å². The maximum absolute atomic E-state index is 6.05. The van der Waals surface area contributed by atoms with Crippen molar-refractivity contribution in [2.24, 2.45) is 0 Å². The molecule has 1 aromatic carbocycles. The number of hydrogen-bond acceptors (Lipinski definition) is 4. The van der Waals surface area contributed by atoms with Gasteiger partial charge < -0.3 is 0 Å². The lowest BCUT2D eigenvalue weighted by Crippen LogP contribution is -2.24. The fourth-order valence-electron chi connectivity index (χ4n) is 1.87. The molecule has 0 saturated heterocycles. The maximum Gasteiger partial charge on any atom is 0.138 e. The van der Waals surface area contributed by atoms with E-state index < -0.39 is 0 Å². The molecule has 2 aromatic rings. The van der Waals surface area contributed by atoms with Crippen LogP contribution in [0.2, 0.25) is 4.34 Å². The van der Waals surface area contributed by atoms with Crippen molar-refractivity contribution in [2.75, 3.05) is 6.54 Å². The van der Waals surface area contributed by atoms with Crippen molar-refractivity contribution in [1.29, 1.82) is 0 Å². The summed E-state index contributed by atoms with van der Waals surface area (Å²) in [5, 5.41) is 4.07. The van der Waals surface area contributed by atoms with Crippen LogP contribution in [0.25, 0.3) is 0 Å². The summed E-state index contributed by atoms with van der Waals surface area (Å²) < 4.78 is 4.57. The lowest BCUT2D eigenvalue weighted by atomic mass is 10.2. The van der Waals surface area contributed by atoms with Crippen molar-refractivity contribution in [1.82, 2.24) is 14.5 Å². The van der Waals surface area contributed by atoms with E-state index >= 15 is 0 Å². The first-order chi connectivity index (χ1) is 8.79. The molecule has 0 spiro atoms. The molecule has 0 unspecified atom stereocenters. The van der Waals surface area contributed by atoms with Gasteiger partial charge in [-0.15, -0.1) is 5.10 Å². The molecule has 3 nitrogen and oxygen atoms in total. The molecule has 0 atom stereocenters. The van der Waals surface area contributed by atoms with Crippen LogP contribution in [0, 0.1) is 0 Å². The van der Waals surface area contributed by atoms with E-state index in [4.69, 9.17) is 11.6 Å². The predicted octanol–water partition coefficient (Wildman–Crippen LogP) is 3.60. The van der Waals surface area contributed by atoms with E-state index in [1.807, 2.05) is 6.07 Å². The minimum atomic E-state index is 0.698. The highest BCUT2D eigenvalue weighted by atomic mass is 35.5. The second kappa shape index (κ2) is 6.83. The van der Waals surface area contributed by atoms with Crippen molar-refractivity contribution >= 4 is 23.1 Å². The van der Waals surface area contributed by atoms with Gasteiger partial charge in [0.2, 0.25) is 0 Å². The minimum absolute atomic E-state index is 0.698. The molecule has 0 aliphatic heterocycles. The van der Waals surface area contributed by atoms with Crippen LogP contribution < -0.4 is 0 Å². The van der Waals surface area contributed by atoms with E-state index in [9.17, 15) is 0 Å². The van der Waals surface area contributed by atoms with Gasteiger partial charge in [0, 0.05) is 24.6 Å². The predicted molar refractivity (Wildman–Crippen MR) is 75.8 cm³/mol. The summed E-state index contributed by atoms with van der Waals surface area (Å²) in [6.07, 6.45) is 1.11. The SMILES string of the molecule is CCCN(Cc1ccccc1)Cc1nnsc1Cl. The van der Waals surface area contributed by atoms with E-state index in [2.05, 4.69) is 45.7 Å². The highest BCUT2D eigenvalue weighted by molar-refractivity contribution is 7.10. The number of rotatable bonds is 6. The monoisotopic (exact) mass is 281 g/mol. The lowest BCUT2D eigenvalue weighted by Gasteiger charge is -2.20. The molecule has 0 fully saturated rings. The van der Waals surface area contributed by atoms with Crippen LogP contribution in [0.15, 0.2) is 30.3 Å². The van der Waals surface area contributed by atoms with Crippen molar-refractivity contribution in [3.8, 4) is 0 Å². The highest BCUT2D eigenvalue weighted by Crippen LogP contribution is 2.19. The topological polar surface area (TPSA) is 29.0 Å². The molecule has 96 valence electrons. The third-order valence-electron chi connectivity index (χ3n) is 2.67. The van der Waals surface area contributed by atoms with Gasteiger partial charge in [-0.2, -0.15) is 0 Å². The first kappa shape index (κ1) is 13.5. The van der Waals surface area contributed by atoms with E-state index in [0.717, 1.165) is 31.7 Å². The van der Waals surface area contributed by atoms with Gasteiger partial charge in [-0.25, -0.2) is 0 Å². The zero-order valence-electron chi connectivity index (χ0n) is 10.3. The fraction of sp³-hybridized carbons (Fsp3) is 0.385. The maximum atomic E-state index is 6.05. The Labute approximate surface area is 117 Å². The van der Waals surface area contributed by atoms with Gasteiger partial charge in [0.05, 0.1) is 0 Å². The Bertz CT molecular complexity index is 472. The van der Waals surface area contributed by atoms with E-state index in [1.54, 1.807) is 0 Å². The Morgan fingerprint density at radius 3 is 2.61 bits per heavy atom. The molecule has 0 aliphatic carbocycles. The molecule has 0 aliphatic rings. The summed E-state index contributed by atoms with van der Waals surface area (Å²) in [6, 6.07) is 10.5. The molecule has 1 aromatic heterocycles. The number of benzene rings is 1.